The summed E-state index contributed by atoms with van der Waals surface area (Å²) in [7, 11) is 0. The molecule has 0 amide bonds. The molecule has 38 valence electrons. The Morgan fingerprint density at radius 3 is 2.43 bits per heavy atom. The molecule has 1 nitrogen and oxygen atoms in total. The van der Waals surface area contributed by atoms with Gasteiger partial charge in [0, 0.05) is 17.1 Å². The van der Waals surface area contributed by atoms with E-state index in [0.29, 0.717) is 0 Å². The van der Waals surface area contributed by atoms with Crippen LogP contribution in [0.5, 0.6) is 0 Å². The van der Waals surface area contributed by atoms with Crippen LogP contribution < -0.4 is 0 Å². The average molecular weight is 134 g/mol. The Labute approximate surface area is 53.2 Å². The number of hydrogen-bond acceptors (Lipinski definition) is 1. The summed E-state index contributed by atoms with van der Waals surface area (Å²) < 4.78 is 0. The summed E-state index contributed by atoms with van der Waals surface area (Å²) in [6, 6.07) is 6.43. The van der Waals surface area contributed by atoms with Crippen molar-refractivity contribution in [2.24, 2.45) is 0 Å². The number of nitrogens with zero attached hydrogens (tertiary/aromatic N) is 1. The molecule has 1 rings (SSSR count). The first-order valence-electron chi connectivity index (χ1n) is 1.76. The van der Waals surface area contributed by atoms with Crippen LogP contribution in [0, 0.1) is 6.07 Å². The predicted octanol–water partition coefficient (Wildman–Crippen LogP) is 0.879. The standard InChI is InChI=1S/C5H4N.Fe/c1-2-4-6-5-3-1;/h1-2,4-5H;/q-1;. The van der Waals surface area contributed by atoms with Crippen LogP contribution in [-0.2, 0) is 17.1 Å². The molecule has 0 unspecified atom stereocenters. The Morgan fingerprint density at radius 2 is 2.29 bits per heavy atom. The minimum atomic E-state index is 0. The fraction of sp³-hybridized carbons (Fsp3) is 0. The minimum Gasteiger partial charge on any atom is -0.304 e. The van der Waals surface area contributed by atoms with E-state index in [9.17, 15) is 0 Å². The molecule has 7 heavy (non-hydrogen) atoms. The Bertz CT molecular complexity index is 80.0. The van der Waals surface area contributed by atoms with Crippen molar-refractivity contribution < 1.29 is 17.1 Å². The van der Waals surface area contributed by atoms with Crippen LogP contribution in [0.15, 0.2) is 24.5 Å². The van der Waals surface area contributed by atoms with Gasteiger partial charge in [0.05, 0.1) is 0 Å². The Balaban J connectivity index is 0.000000360. The number of aromatic nitrogens is 1. The average Bonchev–Trinajstić information content (AvgIpc) is 1.72. The summed E-state index contributed by atoms with van der Waals surface area (Å²) in [5.41, 5.74) is 0. The van der Waals surface area contributed by atoms with E-state index in [1.807, 2.05) is 12.1 Å². The van der Waals surface area contributed by atoms with Gasteiger partial charge in [0.1, 0.15) is 0 Å². The molecule has 2 heteroatoms. The number of pyridine rings is 1. The van der Waals surface area contributed by atoms with Crippen LogP contribution in [0.25, 0.3) is 0 Å². The molecular weight excluding hydrogens is 130 g/mol. The van der Waals surface area contributed by atoms with E-state index >= 15 is 0 Å². The van der Waals surface area contributed by atoms with Gasteiger partial charge in [0.15, 0.2) is 0 Å². The van der Waals surface area contributed by atoms with Crippen molar-refractivity contribution in [3.05, 3.63) is 30.6 Å². The van der Waals surface area contributed by atoms with E-state index < -0.39 is 0 Å². The monoisotopic (exact) mass is 134 g/mol. The molecule has 1 heterocycles. The molecule has 0 N–H and O–H groups in total. The molecule has 1 aromatic rings. The van der Waals surface area contributed by atoms with Crippen LogP contribution in [0.1, 0.15) is 0 Å². The topological polar surface area (TPSA) is 12.9 Å². The molecule has 0 aromatic carbocycles. The Morgan fingerprint density at radius 1 is 1.43 bits per heavy atom. The molecule has 0 fully saturated rings. The molecule has 0 aliphatic carbocycles. The number of rotatable bonds is 0. The molecule has 0 atom stereocenters. The molecule has 0 spiro atoms. The molecule has 0 bridgehead atoms. The second-order valence-corrected chi connectivity index (χ2v) is 0.953. The van der Waals surface area contributed by atoms with E-state index in [4.69, 9.17) is 0 Å². The van der Waals surface area contributed by atoms with Gasteiger partial charge in [-0.15, -0.1) is 0 Å². The van der Waals surface area contributed by atoms with Crippen LogP contribution in [-0.4, -0.2) is 4.98 Å². The first-order chi connectivity index (χ1) is 3.00. The van der Waals surface area contributed by atoms with Crippen molar-refractivity contribution >= 4 is 0 Å². The third-order valence-corrected chi connectivity index (χ3v) is 0.514. The summed E-state index contributed by atoms with van der Waals surface area (Å²) in [6.07, 6.45) is 3.34. The zero-order valence-corrected chi connectivity index (χ0v) is 4.71. The van der Waals surface area contributed by atoms with E-state index in [2.05, 4.69) is 11.1 Å². The van der Waals surface area contributed by atoms with Crippen molar-refractivity contribution in [3.8, 4) is 0 Å². The maximum atomic E-state index is 3.73. The normalized spacial score (nSPS) is 6.86. The fourth-order valence-corrected chi connectivity index (χ4v) is 0.277. The van der Waals surface area contributed by atoms with Crippen LogP contribution in [0.3, 0.4) is 0 Å². The smallest absolute Gasteiger partial charge is 0 e. The minimum absolute atomic E-state index is 0. The van der Waals surface area contributed by atoms with Crippen molar-refractivity contribution in [2.75, 3.05) is 0 Å². The van der Waals surface area contributed by atoms with Gasteiger partial charge in [0.2, 0.25) is 0 Å². The Kier molecular flexibility index (Phi) is 3.66. The third kappa shape index (κ3) is 2.38. The van der Waals surface area contributed by atoms with E-state index in [0.717, 1.165) is 0 Å². The zero-order valence-electron chi connectivity index (χ0n) is 3.61. The quantitative estimate of drug-likeness (QED) is 0.379. The van der Waals surface area contributed by atoms with Crippen molar-refractivity contribution in [1.82, 2.24) is 4.98 Å². The molecule has 0 saturated heterocycles. The first-order valence-corrected chi connectivity index (χ1v) is 1.76. The fourth-order valence-electron chi connectivity index (χ4n) is 0.277. The zero-order chi connectivity index (χ0) is 4.24. The molecular formula is C5H4FeN-. The van der Waals surface area contributed by atoms with Gasteiger partial charge >= 0.3 is 0 Å². The second-order valence-electron chi connectivity index (χ2n) is 0.953. The summed E-state index contributed by atoms with van der Waals surface area (Å²) in [5, 5.41) is 0. The van der Waals surface area contributed by atoms with E-state index in [1.165, 1.54) is 0 Å². The van der Waals surface area contributed by atoms with Gasteiger partial charge < -0.3 is 4.98 Å². The van der Waals surface area contributed by atoms with Gasteiger partial charge in [-0.3, -0.25) is 0 Å². The van der Waals surface area contributed by atoms with E-state index in [-0.39, 0.29) is 17.1 Å². The maximum Gasteiger partial charge on any atom is 0 e. The molecule has 1 aromatic heterocycles. The van der Waals surface area contributed by atoms with Gasteiger partial charge in [-0.05, 0) is 0 Å². The third-order valence-electron chi connectivity index (χ3n) is 0.514. The van der Waals surface area contributed by atoms with Crippen molar-refractivity contribution in [2.45, 2.75) is 0 Å². The summed E-state index contributed by atoms with van der Waals surface area (Å²) in [4.78, 5) is 3.73. The van der Waals surface area contributed by atoms with Crippen LogP contribution >= 0.6 is 0 Å². The summed E-state index contributed by atoms with van der Waals surface area (Å²) in [5.74, 6) is 0. The van der Waals surface area contributed by atoms with Crippen LogP contribution in [0.4, 0.5) is 0 Å². The van der Waals surface area contributed by atoms with Crippen molar-refractivity contribution in [3.63, 3.8) is 0 Å². The predicted molar refractivity (Wildman–Crippen MR) is 23.1 cm³/mol. The van der Waals surface area contributed by atoms with Crippen LogP contribution in [0.2, 0.25) is 0 Å². The maximum absolute atomic E-state index is 3.73. The molecule has 0 radical (unpaired) electrons. The molecule has 0 saturated carbocycles. The summed E-state index contributed by atoms with van der Waals surface area (Å²) >= 11 is 0. The summed E-state index contributed by atoms with van der Waals surface area (Å²) in [6.45, 7) is 0. The van der Waals surface area contributed by atoms with Gasteiger partial charge in [-0.1, -0.05) is 12.4 Å². The molecule has 0 aliphatic heterocycles. The molecule has 0 aliphatic rings. The van der Waals surface area contributed by atoms with Gasteiger partial charge in [-0.25, -0.2) is 12.1 Å². The van der Waals surface area contributed by atoms with Gasteiger partial charge in [0.25, 0.3) is 0 Å². The van der Waals surface area contributed by atoms with E-state index in [1.54, 1.807) is 12.4 Å². The first kappa shape index (κ1) is 6.67. The number of hydrogen-bond donors (Lipinski definition) is 0. The largest absolute Gasteiger partial charge is 0.304 e. The van der Waals surface area contributed by atoms with Gasteiger partial charge in [-0.2, -0.15) is 6.07 Å². The SMILES string of the molecule is [Fe].[c-]1cccnc1. The van der Waals surface area contributed by atoms with Crippen molar-refractivity contribution in [1.29, 1.82) is 0 Å². The second kappa shape index (κ2) is 3.85. The Hall–Kier alpha value is -0.331.